The third-order valence-electron chi connectivity index (χ3n) is 3.49. The molecule has 0 amide bonds. The van der Waals surface area contributed by atoms with Gasteiger partial charge in [-0.25, -0.2) is 0 Å². The zero-order chi connectivity index (χ0) is 15.7. The molecule has 0 aromatic heterocycles. The van der Waals surface area contributed by atoms with Gasteiger partial charge in [-0.3, -0.25) is 4.74 Å². The lowest BCUT2D eigenvalue weighted by Crippen LogP contribution is -2.02. The van der Waals surface area contributed by atoms with Crippen LogP contribution in [-0.4, -0.2) is 26.9 Å². The van der Waals surface area contributed by atoms with Crippen LogP contribution >= 0.6 is 7.51 Å². The predicted molar refractivity (Wildman–Crippen MR) is 93.4 cm³/mol. The molecule has 0 atom stereocenters. The fourth-order valence-electron chi connectivity index (χ4n) is 2.11. The highest BCUT2D eigenvalue weighted by Gasteiger charge is 2.13. The number of hydrogen-bond acceptors (Lipinski definition) is 3. The Bertz CT molecular complexity index is 549. The molecule has 4 heteroatoms. The zero-order valence-electron chi connectivity index (χ0n) is 13.3. The first kappa shape index (κ1) is 17.0. The highest BCUT2D eigenvalue weighted by Crippen LogP contribution is 2.47. The average molecular weight is 317 g/mol. The van der Waals surface area contributed by atoms with Crippen molar-refractivity contribution in [2.45, 2.75) is 12.8 Å². The van der Waals surface area contributed by atoms with Crippen LogP contribution < -0.4 is 0 Å². The molecule has 118 valence electrons. The minimum atomic E-state index is -2.10. The summed E-state index contributed by atoms with van der Waals surface area (Å²) in [6.07, 6.45) is 1.77. The van der Waals surface area contributed by atoms with Crippen LogP contribution in [0, 0.1) is 0 Å². The Morgan fingerprint density at radius 1 is 0.773 bits per heavy atom. The topological polar surface area (TPSA) is 30.8 Å². The smallest absolute Gasteiger partial charge is 0.209 e. The second-order valence-electron chi connectivity index (χ2n) is 5.14. The Morgan fingerprint density at radius 3 is 1.55 bits per heavy atom. The van der Waals surface area contributed by atoms with Crippen molar-refractivity contribution in [2.24, 2.45) is 4.74 Å². The van der Waals surface area contributed by atoms with Crippen molar-refractivity contribution in [1.29, 1.82) is 0 Å². The molecule has 0 radical (unpaired) electrons. The van der Waals surface area contributed by atoms with E-state index in [9.17, 15) is 0 Å². The highest BCUT2D eigenvalue weighted by atomic mass is 31.2. The molecule has 22 heavy (non-hydrogen) atoms. The van der Waals surface area contributed by atoms with Crippen LogP contribution in [0.4, 0.5) is 0 Å². The van der Waals surface area contributed by atoms with E-state index in [0.29, 0.717) is 13.2 Å². The van der Waals surface area contributed by atoms with Gasteiger partial charge in [-0.15, -0.1) is 0 Å². The standard InChI is InChI=1S/C18H24NO2P/c1-19-22(2,20-15-13-17-9-5-3-6-10-17)21-16-14-18-11-7-4-8-12-18/h3-12H,13-16H2,1-2H3. The summed E-state index contributed by atoms with van der Waals surface area (Å²) in [5.74, 6) is 0. The summed E-state index contributed by atoms with van der Waals surface area (Å²) in [6.45, 7) is 3.25. The van der Waals surface area contributed by atoms with Gasteiger partial charge in [-0.2, -0.15) is 0 Å². The molecule has 0 saturated heterocycles. The summed E-state index contributed by atoms with van der Waals surface area (Å²) in [5, 5.41) is 0. The van der Waals surface area contributed by atoms with Crippen molar-refractivity contribution in [1.82, 2.24) is 0 Å². The first-order valence-electron chi connectivity index (χ1n) is 7.57. The Labute approximate surface area is 133 Å². The normalized spacial score (nSPS) is 11.4. The summed E-state index contributed by atoms with van der Waals surface area (Å²) < 4.78 is 16.2. The van der Waals surface area contributed by atoms with Crippen LogP contribution in [0.3, 0.4) is 0 Å². The monoisotopic (exact) mass is 317 g/mol. The van der Waals surface area contributed by atoms with Crippen LogP contribution in [0.25, 0.3) is 0 Å². The molecule has 0 unspecified atom stereocenters. The fourth-order valence-corrected chi connectivity index (χ4v) is 3.27. The molecule has 0 heterocycles. The molecule has 2 rings (SSSR count). The number of rotatable bonds is 8. The predicted octanol–water partition coefficient (Wildman–Crippen LogP) is 4.80. The molecule has 0 spiro atoms. The van der Waals surface area contributed by atoms with E-state index >= 15 is 0 Å². The van der Waals surface area contributed by atoms with Crippen LogP contribution in [0.15, 0.2) is 65.4 Å². The molecular weight excluding hydrogens is 293 g/mol. The fraction of sp³-hybridized carbons (Fsp3) is 0.333. The van der Waals surface area contributed by atoms with Crippen molar-refractivity contribution in [3.63, 3.8) is 0 Å². The van der Waals surface area contributed by atoms with Gasteiger partial charge >= 0.3 is 0 Å². The number of benzene rings is 2. The van der Waals surface area contributed by atoms with Gasteiger partial charge in [0, 0.05) is 13.7 Å². The van der Waals surface area contributed by atoms with E-state index in [1.807, 2.05) is 43.1 Å². The first-order chi connectivity index (χ1) is 10.7. The average Bonchev–Trinajstić information content (AvgIpc) is 2.57. The number of hydrogen-bond donors (Lipinski definition) is 0. The van der Waals surface area contributed by atoms with Crippen molar-refractivity contribution in [3.8, 4) is 0 Å². The van der Waals surface area contributed by atoms with Crippen LogP contribution in [0.1, 0.15) is 11.1 Å². The summed E-state index contributed by atoms with van der Waals surface area (Å²) in [7, 11) is -0.323. The van der Waals surface area contributed by atoms with Crippen molar-refractivity contribution in [2.75, 3.05) is 26.9 Å². The van der Waals surface area contributed by atoms with E-state index < -0.39 is 7.51 Å². The maximum Gasteiger partial charge on any atom is 0.209 e. The van der Waals surface area contributed by atoms with Gasteiger partial charge < -0.3 is 9.05 Å². The van der Waals surface area contributed by atoms with Crippen LogP contribution in [0.5, 0.6) is 0 Å². The molecule has 3 nitrogen and oxygen atoms in total. The van der Waals surface area contributed by atoms with E-state index in [1.165, 1.54) is 11.1 Å². The van der Waals surface area contributed by atoms with Gasteiger partial charge in [0.1, 0.15) is 0 Å². The van der Waals surface area contributed by atoms with E-state index in [1.54, 1.807) is 7.05 Å². The zero-order valence-corrected chi connectivity index (χ0v) is 14.2. The van der Waals surface area contributed by atoms with E-state index in [4.69, 9.17) is 9.05 Å². The van der Waals surface area contributed by atoms with Crippen molar-refractivity contribution < 1.29 is 9.05 Å². The second-order valence-corrected chi connectivity index (χ2v) is 7.66. The SMILES string of the molecule is CN=P(C)(OCCc1ccccc1)OCCc1ccccc1. The van der Waals surface area contributed by atoms with Gasteiger partial charge in [-0.05, 0) is 24.0 Å². The third kappa shape index (κ3) is 5.76. The summed E-state index contributed by atoms with van der Waals surface area (Å²) >= 11 is 0. The van der Waals surface area contributed by atoms with Crippen molar-refractivity contribution >= 4 is 7.51 Å². The molecule has 0 bridgehead atoms. The summed E-state index contributed by atoms with van der Waals surface area (Å²) in [4.78, 5) is 0. The second kappa shape index (κ2) is 8.89. The quantitative estimate of drug-likeness (QED) is 0.655. The lowest BCUT2D eigenvalue weighted by molar-refractivity contribution is 0.247. The first-order valence-corrected chi connectivity index (χ1v) is 9.59. The Kier molecular flexibility index (Phi) is 6.85. The molecule has 0 fully saturated rings. The van der Waals surface area contributed by atoms with Crippen LogP contribution in [0.2, 0.25) is 0 Å². The maximum absolute atomic E-state index is 5.94. The lowest BCUT2D eigenvalue weighted by Gasteiger charge is -2.20. The molecule has 2 aromatic rings. The third-order valence-corrected chi connectivity index (χ3v) is 5.54. The Balaban J connectivity index is 1.76. The number of nitrogens with zero attached hydrogens (tertiary/aromatic N) is 1. The Morgan fingerprint density at radius 2 is 1.18 bits per heavy atom. The molecule has 0 N–H and O–H groups in total. The largest absolute Gasteiger partial charge is 0.324 e. The molecule has 0 aliphatic rings. The van der Waals surface area contributed by atoms with Crippen LogP contribution in [-0.2, 0) is 21.9 Å². The molecular formula is C18H24NO2P. The van der Waals surface area contributed by atoms with Gasteiger partial charge in [0.25, 0.3) is 0 Å². The van der Waals surface area contributed by atoms with Crippen molar-refractivity contribution in [3.05, 3.63) is 71.8 Å². The van der Waals surface area contributed by atoms with E-state index in [0.717, 1.165) is 12.8 Å². The van der Waals surface area contributed by atoms with Gasteiger partial charge in [0.15, 0.2) is 0 Å². The molecule has 2 aromatic carbocycles. The Hall–Kier alpha value is -1.41. The molecule has 0 saturated carbocycles. The van der Waals surface area contributed by atoms with E-state index in [-0.39, 0.29) is 0 Å². The summed E-state index contributed by atoms with van der Waals surface area (Å²) in [6, 6.07) is 20.7. The van der Waals surface area contributed by atoms with Gasteiger partial charge in [0.05, 0.1) is 13.2 Å². The van der Waals surface area contributed by atoms with E-state index in [2.05, 4.69) is 29.0 Å². The molecule has 0 aliphatic heterocycles. The highest BCUT2D eigenvalue weighted by molar-refractivity contribution is 7.55. The summed E-state index contributed by atoms with van der Waals surface area (Å²) in [5.41, 5.74) is 2.55. The van der Waals surface area contributed by atoms with Gasteiger partial charge in [0.2, 0.25) is 7.51 Å². The maximum atomic E-state index is 5.94. The molecule has 0 aliphatic carbocycles. The minimum absolute atomic E-state index is 0.636. The lowest BCUT2D eigenvalue weighted by atomic mass is 10.2. The minimum Gasteiger partial charge on any atom is -0.324 e. The van der Waals surface area contributed by atoms with Gasteiger partial charge in [-0.1, -0.05) is 60.7 Å².